The highest BCUT2D eigenvalue weighted by molar-refractivity contribution is 6.03. The summed E-state index contributed by atoms with van der Waals surface area (Å²) in [5.41, 5.74) is 0.556. The van der Waals surface area contributed by atoms with Gasteiger partial charge in [0.2, 0.25) is 5.91 Å². The molecule has 7 nitrogen and oxygen atoms in total. The summed E-state index contributed by atoms with van der Waals surface area (Å²) in [6, 6.07) is 7.05. The van der Waals surface area contributed by atoms with Crippen molar-refractivity contribution in [1.82, 2.24) is 16.0 Å². The molecule has 1 aromatic carbocycles. The van der Waals surface area contributed by atoms with Crippen LogP contribution in [0.15, 0.2) is 24.3 Å². The van der Waals surface area contributed by atoms with Gasteiger partial charge in [-0.2, -0.15) is 0 Å². The highest BCUT2D eigenvalue weighted by Gasteiger charge is 2.19. The van der Waals surface area contributed by atoms with E-state index in [-0.39, 0.29) is 35.8 Å². The third kappa shape index (κ3) is 8.54. The molecule has 160 valence electrons. The van der Waals surface area contributed by atoms with Gasteiger partial charge in [-0.25, -0.2) is 4.79 Å². The number of amides is 4. The van der Waals surface area contributed by atoms with Crippen molar-refractivity contribution in [3.05, 3.63) is 29.8 Å². The normalized spacial score (nSPS) is 14.7. The average molecular weight is 403 g/mol. The Labute approximate surface area is 173 Å². The van der Waals surface area contributed by atoms with E-state index in [0.717, 1.165) is 12.8 Å². The lowest BCUT2D eigenvalue weighted by Gasteiger charge is -2.22. The Morgan fingerprint density at radius 2 is 1.72 bits per heavy atom. The van der Waals surface area contributed by atoms with Gasteiger partial charge in [0, 0.05) is 24.5 Å². The van der Waals surface area contributed by atoms with E-state index in [4.69, 9.17) is 0 Å². The molecule has 0 heterocycles. The first kappa shape index (κ1) is 22.7. The number of benzene rings is 1. The number of para-hydroxylation sites is 1. The molecule has 0 bridgehead atoms. The van der Waals surface area contributed by atoms with E-state index < -0.39 is 0 Å². The van der Waals surface area contributed by atoms with Crippen LogP contribution in [0.25, 0.3) is 0 Å². The molecule has 0 spiro atoms. The number of anilines is 1. The molecule has 4 N–H and O–H groups in total. The first-order valence-electron chi connectivity index (χ1n) is 10.5. The highest BCUT2D eigenvalue weighted by atomic mass is 16.2. The smallest absolute Gasteiger partial charge is 0.315 e. The summed E-state index contributed by atoms with van der Waals surface area (Å²) in [7, 11) is 0. The topological polar surface area (TPSA) is 99.3 Å². The Morgan fingerprint density at radius 3 is 2.41 bits per heavy atom. The maximum Gasteiger partial charge on any atom is 0.315 e. The van der Waals surface area contributed by atoms with Gasteiger partial charge in [-0.15, -0.1) is 0 Å². The lowest BCUT2D eigenvalue weighted by atomic mass is 9.96. The van der Waals surface area contributed by atoms with E-state index in [0.29, 0.717) is 24.2 Å². The minimum Gasteiger partial charge on any atom is -0.347 e. The van der Waals surface area contributed by atoms with Crippen molar-refractivity contribution in [3.8, 4) is 0 Å². The van der Waals surface area contributed by atoms with Crippen LogP contribution < -0.4 is 21.3 Å². The van der Waals surface area contributed by atoms with Gasteiger partial charge in [-0.3, -0.25) is 9.59 Å². The lowest BCUT2D eigenvalue weighted by molar-refractivity contribution is -0.116. The SMILES string of the molecule is CC(C)(C)NC(=O)c1ccccc1NC(=O)CCCNC(=O)NC1CCCCC1. The number of carbonyl (C=O) groups is 3. The minimum absolute atomic E-state index is 0.165. The Bertz CT molecular complexity index is 706. The molecule has 0 aromatic heterocycles. The predicted molar refractivity (Wildman–Crippen MR) is 115 cm³/mol. The van der Waals surface area contributed by atoms with Gasteiger partial charge in [-0.1, -0.05) is 31.4 Å². The standard InChI is InChI=1S/C22H34N4O3/c1-22(2,3)26-20(28)17-12-7-8-13-18(17)25-19(27)14-9-15-23-21(29)24-16-10-5-4-6-11-16/h7-8,12-13,16H,4-6,9-11,14-15H2,1-3H3,(H,25,27)(H,26,28)(H2,23,24,29). The summed E-state index contributed by atoms with van der Waals surface area (Å²) in [5.74, 6) is -0.412. The molecule has 1 aliphatic carbocycles. The summed E-state index contributed by atoms with van der Waals surface area (Å²) in [6.45, 7) is 6.15. The predicted octanol–water partition coefficient (Wildman–Crippen LogP) is 3.57. The largest absolute Gasteiger partial charge is 0.347 e. The molecular weight excluding hydrogens is 368 g/mol. The van der Waals surface area contributed by atoms with Gasteiger partial charge in [0.15, 0.2) is 0 Å². The van der Waals surface area contributed by atoms with Crippen LogP contribution in [0.4, 0.5) is 10.5 Å². The second-order valence-electron chi connectivity index (χ2n) is 8.64. The number of hydrogen-bond acceptors (Lipinski definition) is 3. The summed E-state index contributed by atoms with van der Waals surface area (Å²) in [5, 5.41) is 11.5. The van der Waals surface area contributed by atoms with Crippen molar-refractivity contribution in [2.24, 2.45) is 0 Å². The van der Waals surface area contributed by atoms with E-state index in [1.54, 1.807) is 24.3 Å². The van der Waals surface area contributed by atoms with E-state index in [9.17, 15) is 14.4 Å². The Kier molecular flexibility index (Phi) is 8.49. The fraction of sp³-hybridized carbons (Fsp3) is 0.591. The molecular formula is C22H34N4O3. The molecule has 0 unspecified atom stereocenters. The monoisotopic (exact) mass is 402 g/mol. The van der Waals surface area contributed by atoms with Gasteiger partial charge >= 0.3 is 6.03 Å². The molecule has 0 radical (unpaired) electrons. The molecule has 1 aliphatic rings. The molecule has 0 aliphatic heterocycles. The number of hydrogen-bond donors (Lipinski definition) is 4. The van der Waals surface area contributed by atoms with Crippen LogP contribution in [0.5, 0.6) is 0 Å². The maximum atomic E-state index is 12.4. The Hall–Kier alpha value is -2.57. The van der Waals surface area contributed by atoms with Crippen molar-refractivity contribution in [2.45, 2.75) is 77.3 Å². The molecule has 29 heavy (non-hydrogen) atoms. The van der Waals surface area contributed by atoms with Crippen molar-refractivity contribution in [2.75, 3.05) is 11.9 Å². The maximum absolute atomic E-state index is 12.4. The van der Waals surface area contributed by atoms with Crippen LogP contribution in [0, 0.1) is 0 Å². The van der Waals surface area contributed by atoms with E-state index in [1.165, 1.54) is 19.3 Å². The fourth-order valence-electron chi connectivity index (χ4n) is 3.34. The molecule has 1 fully saturated rings. The van der Waals surface area contributed by atoms with Crippen molar-refractivity contribution >= 4 is 23.5 Å². The number of urea groups is 1. The zero-order valence-corrected chi connectivity index (χ0v) is 17.8. The third-order valence-corrected chi connectivity index (χ3v) is 4.74. The van der Waals surface area contributed by atoms with E-state index >= 15 is 0 Å². The van der Waals surface area contributed by atoms with Gasteiger partial charge in [0.25, 0.3) is 5.91 Å². The number of rotatable bonds is 7. The zero-order valence-electron chi connectivity index (χ0n) is 17.8. The van der Waals surface area contributed by atoms with Crippen LogP contribution in [0.1, 0.15) is 76.1 Å². The van der Waals surface area contributed by atoms with Crippen LogP contribution >= 0.6 is 0 Å². The van der Waals surface area contributed by atoms with E-state index in [2.05, 4.69) is 21.3 Å². The minimum atomic E-state index is -0.363. The van der Waals surface area contributed by atoms with Crippen LogP contribution in [0.2, 0.25) is 0 Å². The molecule has 1 saturated carbocycles. The summed E-state index contributed by atoms with van der Waals surface area (Å²) < 4.78 is 0. The van der Waals surface area contributed by atoms with Crippen molar-refractivity contribution in [1.29, 1.82) is 0 Å². The van der Waals surface area contributed by atoms with Crippen LogP contribution in [-0.2, 0) is 4.79 Å². The Morgan fingerprint density at radius 1 is 1.03 bits per heavy atom. The molecule has 4 amide bonds. The number of nitrogens with one attached hydrogen (secondary N) is 4. The van der Waals surface area contributed by atoms with E-state index in [1.807, 2.05) is 20.8 Å². The lowest BCUT2D eigenvalue weighted by Crippen LogP contribution is -2.43. The third-order valence-electron chi connectivity index (χ3n) is 4.74. The average Bonchev–Trinajstić information content (AvgIpc) is 2.65. The summed E-state index contributed by atoms with van der Waals surface area (Å²) in [6.07, 6.45) is 6.45. The second kappa shape index (κ2) is 10.8. The second-order valence-corrected chi connectivity index (χ2v) is 8.64. The number of carbonyl (C=O) groups excluding carboxylic acids is 3. The molecule has 1 aromatic rings. The molecule has 2 rings (SSSR count). The molecule has 0 saturated heterocycles. The molecule has 7 heteroatoms. The van der Waals surface area contributed by atoms with Crippen molar-refractivity contribution < 1.29 is 14.4 Å². The first-order valence-corrected chi connectivity index (χ1v) is 10.5. The zero-order chi connectivity index (χ0) is 21.3. The van der Waals surface area contributed by atoms with Gasteiger partial charge in [0.05, 0.1) is 11.3 Å². The molecule has 0 atom stereocenters. The van der Waals surface area contributed by atoms with Gasteiger partial charge in [0.1, 0.15) is 0 Å². The summed E-state index contributed by atoms with van der Waals surface area (Å²) >= 11 is 0. The van der Waals surface area contributed by atoms with Gasteiger partial charge in [-0.05, 0) is 52.2 Å². The quantitative estimate of drug-likeness (QED) is 0.525. The van der Waals surface area contributed by atoms with Gasteiger partial charge < -0.3 is 21.3 Å². The van der Waals surface area contributed by atoms with Crippen LogP contribution in [-0.4, -0.2) is 36.0 Å². The summed E-state index contributed by atoms with van der Waals surface area (Å²) in [4.78, 5) is 36.6. The van der Waals surface area contributed by atoms with Crippen molar-refractivity contribution in [3.63, 3.8) is 0 Å². The van der Waals surface area contributed by atoms with Crippen LogP contribution in [0.3, 0.4) is 0 Å². The highest BCUT2D eigenvalue weighted by Crippen LogP contribution is 2.18. The Balaban J connectivity index is 1.74. The fourth-order valence-corrected chi connectivity index (χ4v) is 3.34. The first-order chi connectivity index (χ1) is 13.7.